The van der Waals surface area contributed by atoms with Crippen molar-refractivity contribution in [1.82, 2.24) is 4.90 Å². The van der Waals surface area contributed by atoms with Crippen LogP contribution in [-0.4, -0.2) is 34.0 Å². The molecule has 0 atom stereocenters. The zero-order chi connectivity index (χ0) is 21.8. The van der Waals surface area contributed by atoms with Gasteiger partial charge < -0.3 is 4.74 Å². The van der Waals surface area contributed by atoms with Gasteiger partial charge in [-0.3, -0.25) is 19.8 Å². The van der Waals surface area contributed by atoms with Crippen LogP contribution in [0.15, 0.2) is 58.4 Å². The van der Waals surface area contributed by atoms with E-state index >= 15 is 0 Å². The molecule has 1 aliphatic heterocycles. The zero-order valence-electron chi connectivity index (χ0n) is 17.2. The van der Waals surface area contributed by atoms with Crippen molar-refractivity contribution in [3.05, 3.63) is 69.1 Å². The van der Waals surface area contributed by atoms with E-state index in [1.54, 1.807) is 18.2 Å². The third kappa shape index (κ3) is 4.64. The van der Waals surface area contributed by atoms with Crippen molar-refractivity contribution >= 4 is 40.3 Å². The molecule has 160 valence electrons. The average molecular weight is 438 g/mol. The monoisotopic (exact) mass is 437 g/mol. The van der Waals surface area contributed by atoms with E-state index in [0.717, 1.165) is 31.4 Å². The van der Waals surface area contributed by atoms with Crippen LogP contribution in [0.1, 0.15) is 37.7 Å². The summed E-state index contributed by atoms with van der Waals surface area (Å²) in [6, 6.07) is 14.4. The Morgan fingerprint density at radius 2 is 1.90 bits per heavy atom. The van der Waals surface area contributed by atoms with Crippen LogP contribution in [0.5, 0.6) is 5.75 Å². The van der Waals surface area contributed by atoms with Gasteiger partial charge in [0.05, 0.1) is 22.6 Å². The summed E-state index contributed by atoms with van der Waals surface area (Å²) >= 11 is 1.32. The number of ether oxygens (including phenoxy) is 1. The molecule has 0 spiro atoms. The van der Waals surface area contributed by atoms with Crippen LogP contribution in [0.25, 0.3) is 6.08 Å². The second-order valence-electron chi connectivity index (χ2n) is 7.50. The molecule has 2 aromatic rings. The molecule has 1 saturated heterocycles. The zero-order valence-corrected chi connectivity index (χ0v) is 18.0. The summed E-state index contributed by atoms with van der Waals surface area (Å²) in [5, 5.41) is 12.0. The van der Waals surface area contributed by atoms with E-state index in [2.05, 4.69) is 0 Å². The molecule has 0 unspecified atom stereocenters. The first-order chi connectivity index (χ1) is 15.1. The van der Waals surface area contributed by atoms with E-state index < -0.39 is 4.92 Å². The van der Waals surface area contributed by atoms with E-state index in [9.17, 15) is 14.9 Å². The Hall–Kier alpha value is -3.13. The number of rotatable bonds is 5. The number of amidine groups is 1. The van der Waals surface area contributed by atoms with E-state index in [0.29, 0.717) is 15.6 Å². The lowest BCUT2D eigenvalue weighted by molar-refractivity contribution is -0.385. The van der Waals surface area contributed by atoms with Gasteiger partial charge in [0.15, 0.2) is 10.9 Å². The predicted molar refractivity (Wildman–Crippen MR) is 122 cm³/mol. The number of methoxy groups -OCH3 is 1. The first kappa shape index (κ1) is 21.1. The summed E-state index contributed by atoms with van der Waals surface area (Å²) in [6.07, 6.45) is 7.00. The van der Waals surface area contributed by atoms with Crippen molar-refractivity contribution in [2.75, 3.05) is 7.11 Å². The van der Waals surface area contributed by atoms with Crippen LogP contribution in [0.3, 0.4) is 0 Å². The summed E-state index contributed by atoms with van der Waals surface area (Å²) < 4.78 is 5.07. The molecule has 2 aromatic carbocycles. The maximum absolute atomic E-state index is 13.3. The van der Waals surface area contributed by atoms with Crippen LogP contribution in [-0.2, 0) is 4.79 Å². The Balaban J connectivity index is 1.70. The van der Waals surface area contributed by atoms with Gasteiger partial charge in [-0.2, -0.15) is 0 Å². The Morgan fingerprint density at radius 3 is 2.58 bits per heavy atom. The van der Waals surface area contributed by atoms with Crippen LogP contribution in [0.2, 0.25) is 0 Å². The van der Waals surface area contributed by atoms with Crippen molar-refractivity contribution in [3.63, 3.8) is 0 Å². The normalized spacial score (nSPS) is 19.9. The fraction of sp³-hybridized carbons (Fsp3) is 0.304. The predicted octanol–water partition coefficient (Wildman–Crippen LogP) is 5.54. The van der Waals surface area contributed by atoms with Crippen molar-refractivity contribution in [1.29, 1.82) is 0 Å². The van der Waals surface area contributed by atoms with Gasteiger partial charge >= 0.3 is 5.69 Å². The number of carbonyl (C=O) groups excluding carboxylic acids is 1. The molecule has 4 rings (SSSR count). The first-order valence-corrected chi connectivity index (χ1v) is 11.1. The van der Waals surface area contributed by atoms with Gasteiger partial charge in [-0.15, -0.1) is 0 Å². The molecule has 1 heterocycles. The smallest absolute Gasteiger partial charge is 0.311 e. The van der Waals surface area contributed by atoms with E-state index in [-0.39, 0.29) is 23.4 Å². The quantitative estimate of drug-likeness (QED) is 0.348. The molecular weight excluding hydrogens is 414 g/mol. The highest BCUT2D eigenvalue weighted by molar-refractivity contribution is 8.18. The number of benzene rings is 2. The number of hydrogen-bond donors (Lipinski definition) is 0. The van der Waals surface area contributed by atoms with E-state index in [1.165, 1.54) is 31.4 Å². The average Bonchev–Trinajstić information content (AvgIpc) is 3.09. The Labute approximate surface area is 185 Å². The number of nitro groups is 1. The number of carbonyl (C=O) groups is 1. The molecule has 0 bridgehead atoms. The van der Waals surface area contributed by atoms with Gasteiger partial charge in [0, 0.05) is 12.1 Å². The topological polar surface area (TPSA) is 85.0 Å². The molecule has 1 aliphatic carbocycles. The number of nitro benzene ring substituents is 1. The summed E-state index contributed by atoms with van der Waals surface area (Å²) in [6.45, 7) is 0. The molecule has 1 amide bonds. The summed E-state index contributed by atoms with van der Waals surface area (Å²) in [5.74, 6) is 0.0952. The number of para-hydroxylation sites is 1. The molecule has 0 radical (unpaired) electrons. The Bertz CT molecular complexity index is 1050. The van der Waals surface area contributed by atoms with Gasteiger partial charge in [-0.25, -0.2) is 4.99 Å². The number of amides is 1. The minimum absolute atomic E-state index is 0.0925. The summed E-state index contributed by atoms with van der Waals surface area (Å²) in [4.78, 5) is 31.3. The first-order valence-electron chi connectivity index (χ1n) is 10.3. The van der Waals surface area contributed by atoms with Crippen molar-refractivity contribution < 1.29 is 14.5 Å². The van der Waals surface area contributed by atoms with Crippen LogP contribution < -0.4 is 4.74 Å². The van der Waals surface area contributed by atoms with E-state index in [1.807, 2.05) is 35.2 Å². The van der Waals surface area contributed by atoms with Crippen molar-refractivity contribution in [2.45, 2.75) is 38.1 Å². The lowest BCUT2D eigenvalue weighted by Gasteiger charge is -2.30. The van der Waals surface area contributed by atoms with Gasteiger partial charge in [-0.05, 0) is 54.4 Å². The molecule has 8 heteroatoms. The molecule has 7 nitrogen and oxygen atoms in total. The third-order valence-corrected chi connectivity index (χ3v) is 6.44. The van der Waals surface area contributed by atoms with Crippen molar-refractivity contribution in [3.8, 4) is 5.75 Å². The lowest BCUT2D eigenvalue weighted by Crippen LogP contribution is -2.40. The molecule has 2 fully saturated rings. The maximum atomic E-state index is 13.3. The van der Waals surface area contributed by atoms with Crippen molar-refractivity contribution in [2.24, 2.45) is 4.99 Å². The standard InChI is InChI=1S/C23H23N3O4S/c1-30-20-13-12-16(14-19(20)26(28)29)15-21-22(27)25(18-10-6-3-7-11-18)23(31-21)24-17-8-4-2-5-9-17/h2,4-5,8-9,12-15,18H,3,6-7,10-11H2,1H3. The number of nitrogens with zero attached hydrogens (tertiary/aromatic N) is 3. The highest BCUT2D eigenvalue weighted by Crippen LogP contribution is 2.39. The molecule has 1 saturated carbocycles. The van der Waals surface area contributed by atoms with Crippen LogP contribution in [0.4, 0.5) is 11.4 Å². The second kappa shape index (κ2) is 9.34. The molecule has 0 N–H and O–H groups in total. The van der Waals surface area contributed by atoms with E-state index in [4.69, 9.17) is 9.73 Å². The summed E-state index contributed by atoms with van der Waals surface area (Å²) in [5.41, 5.74) is 1.24. The van der Waals surface area contributed by atoms with Gasteiger partial charge in [0.1, 0.15) is 0 Å². The molecule has 31 heavy (non-hydrogen) atoms. The summed E-state index contributed by atoms with van der Waals surface area (Å²) in [7, 11) is 1.39. The van der Waals surface area contributed by atoms with Gasteiger partial charge in [-0.1, -0.05) is 43.5 Å². The minimum atomic E-state index is -0.485. The fourth-order valence-corrected chi connectivity index (χ4v) is 4.99. The Morgan fingerprint density at radius 1 is 1.16 bits per heavy atom. The maximum Gasteiger partial charge on any atom is 0.311 e. The highest BCUT2D eigenvalue weighted by atomic mass is 32.2. The van der Waals surface area contributed by atoms with Gasteiger partial charge in [0.2, 0.25) is 0 Å². The Kier molecular flexibility index (Phi) is 6.36. The number of thioether (sulfide) groups is 1. The minimum Gasteiger partial charge on any atom is -0.490 e. The lowest BCUT2D eigenvalue weighted by atomic mass is 9.94. The number of hydrogen-bond acceptors (Lipinski definition) is 6. The highest BCUT2D eigenvalue weighted by Gasteiger charge is 2.38. The van der Waals surface area contributed by atoms with Crippen LogP contribution in [0, 0.1) is 10.1 Å². The third-order valence-electron chi connectivity index (χ3n) is 5.46. The SMILES string of the molecule is COc1ccc(C=C2SC(=Nc3ccccc3)N(C3CCCCC3)C2=O)cc1[N+](=O)[O-]. The van der Waals surface area contributed by atoms with Crippen LogP contribution >= 0.6 is 11.8 Å². The molecule has 2 aliphatic rings. The number of aliphatic imine (C=N–C) groups is 1. The second-order valence-corrected chi connectivity index (χ2v) is 8.51. The molecular formula is C23H23N3O4S. The largest absolute Gasteiger partial charge is 0.490 e. The fourth-order valence-electron chi connectivity index (χ4n) is 3.93. The van der Waals surface area contributed by atoms with Gasteiger partial charge in [0.25, 0.3) is 5.91 Å². The molecule has 0 aromatic heterocycles.